The molecule has 0 radical (unpaired) electrons. The standard InChI is InChI=1S/C14H29NO/c1-4-9-15-14(12(2)3)8-7-13-6-5-10-16-11-13/h12-15H,4-11H2,1-3H3. The third-order valence-electron chi connectivity index (χ3n) is 3.60. The van der Waals surface area contributed by atoms with E-state index in [9.17, 15) is 0 Å². The first-order valence-electron chi connectivity index (χ1n) is 7.05. The molecule has 1 saturated heterocycles. The van der Waals surface area contributed by atoms with Crippen LogP contribution >= 0.6 is 0 Å². The quantitative estimate of drug-likeness (QED) is 0.721. The molecule has 1 rings (SSSR count). The topological polar surface area (TPSA) is 21.3 Å². The van der Waals surface area contributed by atoms with Crippen molar-refractivity contribution in [1.29, 1.82) is 0 Å². The lowest BCUT2D eigenvalue weighted by Gasteiger charge is -2.27. The molecule has 0 bridgehead atoms. The molecule has 1 N–H and O–H groups in total. The highest BCUT2D eigenvalue weighted by molar-refractivity contribution is 4.73. The van der Waals surface area contributed by atoms with Crippen LogP contribution in [0.3, 0.4) is 0 Å². The fourth-order valence-corrected chi connectivity index (χ4v) is 2.45. The van der Waals surface area contributed by atoms with Crippen LogP contribution in [0.15, 0.2) is 0 Å². The highest BCUT2D eigenvalue weighted by Gasteiger charge is 2.18. The van der Waals surface area contributed by atoms with Gasteiger partial charge in [0.2, 0.25) is 0 Å². The molecule has 2 nitrogen and oxygen atoms in total. The van der Waals surface area contributed by atoms with Crippen LogP contribution in [-0.4, -0.2) is 25.8 Å². The lowest BCUT2D eigenvalue weighted by atomic mass is 9.91. The van der Waals surface area contributed by atoms with E-state index in [1.807, 2.05) is 0 Å². The summed E-state index contributed by atoms with van der Waals surface area (Å²) in [5, 5.41) is 3.67. The van der Waals surface area contributed by atoms with E-state index < -0.39 is 0 Å². The third-order valence-corrected chi connectivity index (χ3v) is 3.60. The number of hydrogen-bond acceptors (Lipinski definition) is 2. The van der Waals surface area contributed by atoms with Gasteiger partial charge >= 0.3 is 0 Å². The predicted octanol–water partition coefficient (Wildman–Crippen LogP) is 3.22. The summed E-state index contributed by atoms with van der Waals surface area (Å²) in [6, 6.07) is 0.696. The fourth-order valence-electron chi connectivity index (χ4n) is 2.45. The molecule has 16 heavy (non-hydrogen) atoms. The number of hydrogen-bond donors (Lipinski definition) is 1. The Morgan fingerprint density at radius 3 is 2.75 bits per heavy atom. The molecule has 2 atom stereocenters. The van der Waals surface area contributed by atoms with E-state index in [2.05, 4.69) is 26.1 Å². The Kier molecular flexibility index (Phi) is 7.06. The van der Waals surface area contributed by atoms with Gasteiger partial charge in [0.05, 0.1) is 0 Å². The summed E-state index contributed by atoms with van der Waals surface area (Å²) in [6.45, 7) is 10.0. The zero-order valence-electron chi connectivity index (χ0n) is 11.3. The van der Waals surface area contributed by atoms with Crippen molar-refractivity contribution in [2.75, 3.05) is 19.8 Å². The van der Waals surface area contributed by atoms with Crippen LogP contribution in [0.2, 0.25) is 0 Å². The van der Waals surface area contributed by atoms with E-state index >= 15 is 0 Å². The van der Waals surface area contributed by atoms with Crippen LogP contribution in [0.5, 0.6) is 0 Å². The minimum Gasteiger partial charge on any atom is -0.381 e. The van der Waals surface area contributed by atoms with Crippen molar-refractivity contribution in [2.24, 2.45) is 11.8 Å². The van der Waals surface area contributed by atoms with E-state index in [4.69, 9.17) is 4.74 Å². The Morgan fingerprint density at radius 1 is 1.38 bits per heavy atom. The Morgan fingerprint density at radius 2 is 2.19 bits per heavy atom. The largest absolute Gasteiger partial charge is 0.381 e. The normalized spacial score (nSPS) is 23.6. The fraction of sp³-hybridized carbons (Fsp3) is 1.00. The predicted molar refractivity (Wildman–Crippen MR) is 69.7 cm³/mol. The summed E-state index contributed by atoms with van der Waals surface area (Å²) in [6.07, 6.45) is 6.51. The summed E-state index contributed by atoms with van der Waals surface area (Å²) >= 11 is 0. The summed E-state index contributed by atoms with van der Waals surface area (Å²) < 4.78 is 5.54. The lowest BCUT2D eigenvalue weighted by Crippen LogP contribution is -2.35. The molecule has 0 saturated carbocycles. The molecule has 0 aromatic rings. The molecule has 0 aliphatic carbocycles. The molecule has 1 heterocycles. The molecule has 1 fully saturated rings. The van der Waals surface area contributed by atoms with Crippen molar-refractivity contribution in [3.05, 3.63) is 0 Å². The highest BCUT2D eigenvalue weighted by atomic mass is 16.5. The smallest absolute Gasteiger partial charge is 0.0494 e. The van der Waals surface area contributed by atoms with Crippen LogP contribution < -0.4 is 5.32 Å². The minimum absolute atomic E-state index is 0.696. The van der Waals surface area contributed by atoms with Crippen LogP contribution in [0.25, 0.3) is 0 Å². The van der Waals surface area contributed by atoms with E-state index in [0.29, 0.717) is 6.04 Å². The molecule has 96 valence electrons. The second-order valence-electron chi connectivity index (χ2n) is 5.47. The molecule has 0 spiro atoms. The van der Waals surface area contributed by atoms with Crippen molar-refractivity contribution >= 4 is 0 Å². The SMILES string of the molecule is CCCNC(CCC1CCCOC1)C(C)C. The second-order valence-corrected chi connectivity index (χ2v) is 5.47. The molecule has 1 aliphatic heterocycles. The van der Waals surface area contributed by atoms with Crippen LogP contribution in [0.4, 0.5) is 0 Å². The Bertz CT molecular complexity index is 164. The van der Waals surface area contributed by atoms with Gasteiger partial charge in [0.25, 0.3) is 0 Å². The molecule has 2 unspecified atom stereocenters. The van der Waals surface area contributed by atoms with E-state index in [0.717, 1.165) is 31.6 Å². The van der Waals surface area contributed by atoms with Crippen molar-refractivity contribution in [3.8, 4) is 0 Å². The Balaban J connectivity index is 2.19. The van der Waals surface area contributed by atoms with Gasteiger partial charge in [-0.3, -0.25) is 0 Å². The van der Waals surface area contributed by atoms with Crippen molar-refractivity contribution in [3.63, 3.8) is 0 Å². The third kappa shape index (κ3) is 5.31. The molecule has 1 aliphatic rings. The van der Waals surface area contributed by atoms with Gasteiger partial charge in [-0.25, -0.2) is 0 Å². The minimum atomic E-state index is 0.696. The Labute approximate surface area is 101 Å². The Hall–Kier alpha value is -0.0800. The van der Waals surface area contributed by atoms with Gasteiger partial charge in [-0.05, 0) is 50.5 Å². The first kappa shape index (κ1) is 14.0. The van der Waals surface area contributed by atoms with Gasteiger partial charge in [-0.1, -0.05) is 20.8 Å². The van der Waals surface area contributed by atoms with E-state index in [1.165, 1.54) is 32.1 Å². The van der Waals surface area contributed by atoms with Gasteiger partial charge in [-0.15, -0.1) is 0 Å². The van der Waals surface area contributed by atoms with Gasteiger partial charge in [-0.2, -0.15) is 0 Å². The average Bonchev–Trinajstić information content (AvgIpc) is 2.30. The van der Waals surface area contributed by atoms with Crippen LogP contribution in [0, 0.1) is 11.8 Å². The first-order valence-corrected chi connectivity index (χ1v) is 7.05. The zero-order chi connectivity index (χ0) is 11.8. The van der Waals surface area contributed by atoms with Crippen molar-refractivity contribution < 1.29 is 4.74 Å². The molecule has 0 aromatic heterocycles. The summed E-state index contributed by atoms with van der Waals surface area (Å²) in [5.74, 6) is 1.56. The maximum atomic E-state index is 5.54. The molecular weight excluding hydrogens is 198 g/mol. The monoisotopic (exact) mass is 227 g/mol. The van der Waals surface area contributed by atoms with Crippen molar-refractivity contribution in [2.45, 2.75) is 58.9 Å². The molecule has 0 aromatic carbocycles. The summed E-state index contributed by atoms with van der Waals surface area (Å²) in [7, 11) is 0. The number of rotatable bonds is 7. The zero-order valence-corrected chi connectivity index (χ0v) is 11.3. The maximum absolute atomic E-state index is 5.54. The maximum Gasteiger partial charge on any atom is 0.0494 e. The van der Waals surface area contributed by atoms with E-state index in [1.54, 1.807) is 0 Å². The van der Waals surface area contributed by atoms with Gasteiger partial charge in [0.1, 0.15) is 0 Å². The molecule has 2 heteroatoms. The number of nitrogens with one attached hydrogen (secondary N) is 1. The van der Waals surface area contributed by atoms with E-state index in [-0.39, 0.29) is 0 Å². The van der Waals surface area contributed by atoms with Gasteiger partial charge < -0.3 is 10.1 Å². The van der Waals surface area contributed by atoms with Gasteiger partial charge in [0.15, 0.2) is 0 Å². The first-order chi connectivity index (χ1) is 7.74. The highest BCUT2D eigenvalue weighted by Crippen LogP contribution is 2.21. The molecule has 0 amide bonds. The summed E-state index contributed by atoms with van der Waals surface area (Å²) in [5.41, 5.74) is 0. The van der Waals surface area contributed by atoms with Gasteiger partial charge in [0, 0.05) is 19.3 Å². The lowest BCUT2D eigenvalue weighted by molar-refractivity contribution is 0.0492. The summed E-state index contributed by atoms with van der Waals surface area (Å²) in [4.78, 5) is 0. The average molecular weight is 227 g/mol. The second kappa shape index (κ2) is 8.08. The van der Waals surface area contributed by atoms with Crippen LogP contribution in [0.1, 0.15) is 52.9 Å². The number of ether oxygens (including phenoxy) is 1. The van der Waals surface area contributed by atoms with Crippen molar-refractivity contribution in [1.82, 2.24) is 5.32 Å². The molecular formula is C14H29NO. The van der Waals surface area contributed by atoms with Crippen LogP contribution in [-0.2, 0) is 4.74 Å².